The molecule has 1 saturated heterocycles. The topological polar surface area (TPSA) is 67.3 Å². The maximum Gasteiger partial charge on any atom is 0.318 e. The van der Waals surface area contributed by atoms with Crippen molar-refractivity contribution < 1.29 is 9.53 Å². The summed E-state index contributed by atoms with van der Waals surface area (Å²) in [4.78, 5) is 22.9. The Morgan fingerprint density at radius 3 is 2.71 bits per heavy atom. The van der Waals surface area contributed by atoms with Crippen molar-refractivity contribution >= 4 is 11.7 Å². The Morgan fingerprint density at radius 1 is 1.25 bits per heavy atom. The minimum atomic E-state index is 0.240. The number of hydrogen-bond donors (Lipinski definition) is 1. The average molecular weight is 332 g/mol. The lowest BCUT2D eigenvalue weighted by molar-refractivity contribution is -0.123. The molecule has 1 aromatic rings. The van der Waals surface area contributed by atoms with Crippen LogP contribution in [-0.2, 0) is 4.79 Å². The predicted octanol–water partition coefficient (Wildman–Crippen LogP) is 2.54. The Kier molecular flexibility index (Phi) is 5.88. The highest BCUT2D eigenvalue weighted by Gasteiger charge is 2.24. The molecule has 1 saturated carbocycles. The minimum absolute atomic E-state index is 0.240. The molecule has 1 aromatic heterocycles. The summed E-state index contributed by atoms with van der Waals surface area (Å²) in [5.74, 6) is 1.63. The lowest BCUT2D eigenvalue weighted by atomic mass is 9.92. The quantitative estimate of drug-likeness (QED) is 0.897. The molecule has 2 fully saturated rings. The zero-order chi connectivity index (χ0) is 16.8. The van der Waals surface area contributed by atoms with Crippen molar-refractivity contribution in [3.8, 4) is 6.01 Å². The predicted molar refractivity (Wildman–Crippen MR) is 93.2 cm³/mol. The first-order valence-electron chi connectivity index (χ1n) is 9.16. The van der Waals surface area contributed by atoms with Gasteiger partial charge in [0.25, 0.3) is 0 Å². The van der Waals surface area contributed by atoms with E-state index in [1.54, 1.807) is 13.3 Å². The summed E-state index contributed by atoms with van der Waals surface area (Å²) in [6.07, 6.45) is 10.6. The van der Waals surface area contributed by atoms with Crippen LogP contribution in [0.4, 0.5) is 5.82 Å². The van der Waals surface area contributed by atoms with Crippen molar-refractivity contribution in [1.29, 1.82) is 0 Å². The monoisotopic (exact) mass is 332 g/mol. The van der Waals surface area contributed by atoms with Crippen LogP contribution in [0.25, 0.3) is 0 Å². The molecule has 0 spiro atoms. The van der Waals surface area contributed by atoms with Gasteiger partial charge in [-0.3, -0.25) is 4.79 Å². The zero-order valence-electron chi connectivity index (χ0n) is 14.5. The zero-order valence-corrected chi connectivity index (χ0v) is 14.5. The van der Waals surface area contributed by atoms with Gasteiger partial charge in [0.05, 0.1) is 7.11 Å². The van der Waals surface area contributed by atoms with Gasteiger partial charge in [-0.05, 0) is 37.7 Å². The van der Waals surface area contributed by atoms with Crippen LogP contribution in [0.15, 0.2) is 12.3 Å². The molecule has 0 aromatic carbocycles. The summed E-state index contributed by atoms with van der Waals surface area (Å²) >= 11 is 0. The van der Waals surface area contributed by atoms with E-state index in [1.165, 1.54) is 19.3 Å². The van der Waals surface area contributed by atoms with Crippen LogP contribution in [0.2, 0.25) is 0 Å². The van der Waals surface area contributed by atoms with E-state index in [-0.39, 0.29) is 5.91 Å². The van der Waals surface area contributed by atoms with E-state index < -0.39 is 0 Å². The van der Waals surface area contributed by atoms with E-state index in [4.69, 9.17) is 4.74 Å². The number of nitrogens with one attached hydrogen (secondary N) is 1. The molecule has 0 radical (unpaired) electrons. The fourth-order valence-corrected chi connectivity index (χ4v) is 3.77. The second-order valence-electron chi connectivity index (χ2n) is 6.94. The Labute approximate surface area is 144 Å². The van der Waals surface area contributed by atoms with E-state index >= 15 is 0 Å². The number of piperidine rings is 1. The summed E-state index contributed by atoms with van der Waals surface area (Å²) in [5.41, 5.74) is 0. The Bertz CT molecular complexity index is 538. The highest BCUT2D eigenvalue weighted by Crippen LogP contribution is 2.25. The highest BCUT2D eigenvalue weighted by atomic mass is 16.5. The lowest BCUT2D eigenvalue weighted by Gasteiger charge is -2.33. The van der Waals surface area contributed by atoms with Crippen LogP contribution in [0.1, 0.15) is 51.4 Å². The SMILES string of the molecule is COc1nccc(N2CCC(CC(=O)NC3CCCCC3)CC2)n1. The molecular weight excluding hydrogens is 304 g/mol. The highest BCUT2D eigenvalue weighted by molar-refractivity contribution is 5.76. The van der Waals surface area contributed by atoms with Gasteiger partial charge in [-0.25, -0.2) is 4.98 Å². The number of aromatic nitrogens is 2. The van der Waals surface area contributed by atoms with Gasteiger partial charge in [0.15, 0.2) is 0 Å². The number of carbonyl (C=O) groups is 1. The van der Waals surface area contributed by atoms with Crippen molar-refractivity contribution in [3.05, 3.63) is 12.3 Å². The molecule has 1 aliphatic heterocycles. The molecule has 24 heavy (non-hydrogen) atoms. The number of nitrogens with zero attached hydrogens (tertiary/aromatic N) is 3. The summed E-state index contributed by atoms with van der Waals surface area (Å²) in [6, 6.07) is 2.74. The van der Waals surface area contributed by atoms with Crippen molar-refractivity contribution in [2.75, 3.05) is 25.1 Å². The fourth-order valence-electron chi connectivity index (χ4n) is 3.77. The van der Waals surface area contributed by atoms with Crippen LogP contribution < -0.4 is 15.0 Å². The van der Waals surface area contributed by atoms with Gasteiger partial charge < -0.3 is 15.0 Å². The van der Waals surface area contributed by atoms with Gasteiger partial charge in [0.2, 0.25) is 5.91 Å². The van der Waals surface area contributed by atoms with Crippen molar-refractivity contribution in [1.82, 2.24) is 15.3 Å². The average Bonchev–Trinajstić information content (AvgIpc) is 2.63. The molecule has 0 atom stereocenters. The molecule has 3 rings (SSSR count). The van der Waals surface area contributed by atoms with Gasteiger partial charge >= 0.3 is 6.01 Å². The number of hydrogen-bond acceptors (Lipinski definition) is 5. The van der Waals surface area contributed by atoms with Crippen LogP contribution >= 0.6 is 0 Å². The molecular formula is C18H28N4O2. The molecule has 2 heterocycles. The summed E-state index contributed by atoms with van der Waals surface area (Å²) in [6.45, 7) is 1.86. The van der Waals surface area contributed by atoms with Gasteiger partial charge in [-0.1, -0.05) is 19.3 Å². The van der Waals surface area contributed by atoms with E-state index in [2.05, 4.69) is 20.2 Å². The number of amides is 1. The van der Waals surface area contributed by atoms with Crippen molar-refractivity contribution in [2.24, 2.45) is 5.92 Å². The lowest BCUT2D eigenvalue weighted by Crippen LogP contribution is -2.39. The van der Waals surface area contributed by atoms with E-state index in [0.717, 1.165) is 44.6 Å². The molecule has 0 bridgehead atoms. The Morgan fingerprint density at radius 2 is 2.00 bits per heavy atom. The summed E-state index contributed by atoms with van der Waals surface area (Å²) in [5, 5.41) is 3.23. The van der Waals surface area contributed by atoms with Crippen LogP contribution in [0.5, 0.6) is 6.01 Å². The maximum absolute atomic E-state index is 12.3. The number of methoxy groups -OCH3 is 1. The van der Waals surface area contributed by atoms with Gasteiger partial charge in [0.1, 0.15) is 5.82 Å². The number of ether oxygens (including phenoxy) is 1. The van der Waals surface area contributed by atoms with Crippen LogP contribution in [-0.4, -0.2) is 42.1 Å². The van der Waals surface area contributed by atoms with E-state index in [0.29, 0.717) is 24.4 Å². The number of rotatable bonds is 5. The first-order chi connectivity index (χ1) is 11.7. The van der Waals surface area contributed by atoms with Crippen molar-refractivity contribution in [2.45, 2.75) is 57.4 Å². The van der Waals surface area contributed by atoms with Gasteiger partial charge in [0, 0.05) is 31.7 Å². The van der Waals surface area contributed by atoms with Gasteiger partial charge in [-0.2, -0.15) is 4.98 Å². The van der Waals surface area contributed by atoms with Crippen LogP contribution in [0, 0.1) is 5.92 Å². The van der Waals surface area contributed by atoms with Crippen molar-refractivity contribution in [3.63, 3.8) is 0 Å². The third-order valence-corrected chi connectivity index (χ3v) is 5.18. The number of anilines is 1. The Balaban J connectivity index is 1.43. The first-order valence-corrected chi connectivity index (χ1v) is 9.16. The maximum atomic E-state index is 12.3. The molecule has 2 aliphatic rings. The van der Waals surface area contributed by atoms with E-state index in [1.807, 2.05) is 6.07 Å². The third-order valence-electron chi connectivity index (χ3n) is 5.18. The summed E-state index contributed by atoms with van der Waals surface area (Å²) < 4.78 is 5.09. The molecule has 1 N–H and O–H groups in total. The first kappa shape index (κ1) is 17.0. The fraction of sp³-hybridized carbons (Fsp3) is 0.722. The number of carbonyl (C=O) groups excluding carboxylic acids is 1. The van der Waals surface area contributed by atoms with Gasteiger partial charge in [-0.15, -0.1) is 0 Å². The minimum Gasteiger partial charge on any atom is -0.467 e. The molecule has 1 aliphatic carbocycles. The van der Waals surface area contributed by atoms with Crippen LogP contribution in [0.3, 0.4) is 0 Å². The molecule has 6 heteroatoms. The normalized spacial score (nSPS) is 20.0. The molecule has 1 amide bonds. The summed E-state index contributed by atoms with van der Waals surface area (Å²) in [7, 11) is 1.58. The van der Waals surface area contributed by atoms with E-state index in [9.17, 15) is 4.79 Å². The second kappa shape index (κ2) is 8.31. The standard InChI is InChI=1S/C18H28N4O2/c1-24-18-19-10-7-16(21-18)22-11-8-14(9-12-22)13-17(23)20-15-5-3-2-4-6-15/h7,10,14-15H,2-6,8-9,11-13H2,1H3,(H,20,23). The smallest absolute Gasteiger partial charge is 0.318 e. The Hall–Kier alpha value is -1.85. The second-order valence-corrected chi connectivity index (χ2v) is 6.94. The molecule has 6 nitrogen and oxygen atoms in total. The third kappa shape index (κ3) is 4.58. The largest absolute Gasteiger partial charge is 0.467 e. The molecule has 0 unspecified atom stereocenters. The molecule has 132 valence electrons.